The van der Waals surface area contributed by atoms with Crippen molar-refractivity contribution >= 4 is 23.2 Å². The zero-order valence-corrected chi connectivity index (χ0v) is 15.7. The fourth-order valence-corrected chi connectivity index (χ4v) is 4.18. The maximum absolute atomic E-state index is 12.7. The largest absolute Gasteiger partial charge is 0.446 e. The average Bonchev–Trinajstić information content (AvgIpc) is 3.27. The summed E-state index contributed by atoms with van der Waals surface area (Å²) in [5.74, 6) is 1.09. The van der Waals surface area contributed by atoms with E-state index in [1.807, 2.05) is 6.07 Å². The third-order valence-corrected chi connectivity index (χ3v) is 5.59. The zero-order chi connectivity index (χ0) is 19.7. The van der Waals surface area contributed by atoms with Gasteiger partial charge in [-0.3, -0.25) is 0 Å². The van der Waals surface area contributed by atoms with Crippen LogP contribution in [-0.4, -0.2) is 37.9 Å². The third-order valence-electron chi connectivity index (χ3n) is 4.87. The molecule has 4 rings (SSSR count). The number of nitrogens with zero attached hydrogens (tertiary/aromatic N) is 3. The molecule has 0 unspecified atom stereocenters. The number of benzene rings is 1. The van der Waals surface area contributed by atoms with Crippen LogP contribution in [0.15, 0.2) is 47.5 Å². The first-order valence-electron chi connectivity index (χ1n) is 8.99. The first-order chi connectivity index (χ1) is 13.4. The topological polar surface area (TPSA) is 62.5 Å². The highest BCUT2D eigenvalue weighted by molar-refractivity contribution is 8.00. The van der Waals surface area contributed by atoms with E-state index in [0.29, 0.717) is 22.8 Å². The molecule has 0 aliphatic heterocycles. The summed E-state index contributed by atoms with van der Waals surface area (Å²) in [6, 6.07) is 10.1. The number of aromatic nitrogens is 3. The van der Waals surface area contributed by atoms with E-state index in [1.54, 1.807) is 28.9 Å². The van der Waals surface area contributed by atoms with Crippen LogP contribution in [0.1, 0.15) is 19.3 Å². The molecule has 1 aliphatic rings. The standard InChI is InChI=1S/C19H19F3N4OS/c20-19(21,22)28-15-3-1-2-13(9-15)16-10-18-23-7-6-17(26(18)25-16)24-14-5-4-12(8-14)11-27/h1-3,6-7,9-10,12,14,24,27H,4-5,8,11H2/t12-,14+/m1/s1. The van der Waals surface area contributed by atoms with Crippen molar-refractivity contribution in [3.63, 3.8) is 0 Å². The molecule has 2 N–H and O–H groups in total. The first-order valence-corrected chi connectivity index (χ1v) is 9.81. The molecule has 0 radical (unpaired) electrons. The Morgan fingerprint density at radius 3 is 2.82 bits per heavy atom. The van der Waals surface area contributed by atoms with Crippen molar-refractivity contribution < 1.29 is 18.3 Å². The number of hydrogen-bond donors (Lipinski definition) is 2. The molecule has 1 aliphatic carbocycles. The maximum atomic E-state index is 12.7. The van der Waals surface area contributed by atoms with Gasteiger partial charge in [-0.25, -0.2) is 4.98 Å². The minimum absolute atomic E-state index is 0.120. The second kappa shape index (κ2) is 7.63. The molecule has 9 heteroatoms. The Bertz CT molecular complexity index is 975. The van der Waals surface area contributed by atoms with Gasteiger partial charge in [0.1, 0.15) is 5.82 Å². The number of hydrogen-bond acceptors (Lipinski definition) is 5. The molecular formula is C19H19F3N4OS. The summed E-state index contributed by atoms with van der Waals surface area (Å²) in [4.78, 5) is 4.43. The van der Waals surface area contributed by atoms with Crippen LogP contribution in [0.3, 0.4) is 0 Å². The summed E-state index contributed by atoms with van der Waals surface area (Å²) in [5.41, 5.74) is -2.55. The number of rotatable bonds is 5. The Morgan fingerprint density at radius 1 is 1.21 bits per heavy atom. The van der Waals surface area contributed by atoms with E-state index in [4.69, 9.17) is 0 Å². The van der Waals surface area contributed by atoms with Crippen molar-refractivity contribution in [3.05, 3.63) is 42.6 Å². The van der Waals surface area contributed by atoms with Crippen LogP contribution < -0.4 is 5.32 Å². The Kier molecular flexibility index (Phi) is 5.20. The van der Waals surface area contributed by atoms with Crippen LogP contribution in [0.2, 0.25) is 0 Å². The lowest BCUT2D eigenvalue weighted by molar-refractivity contribution is -0.0328. The first kappa shape index (κ1) is 19.1. The van der Waals surface area contributed by atoms with Crippen LogP contribution in [0.5, 0.6) is 0 Å². The highest BCUT2D eigenvalue weighted by atomic mass is 32.2. The van der Waals surface area contributed by atoms with Gasteiger partial charge in [0, 0.05) is 35.4 Å². The summed E-state index contributed by atoms with van der Waals surface area (Å²) >= 11 is -0.140. The van der Waals surface area contributed by atoms with E-state index in [0.717, 1.165) is 25.1 Å². The van der Waals surface area contributed by atoms with E-state index in [1.165, 1.54) is 12.1 Å². The lowest BCUT2D eigenvalue weighted by Crippen LogP contribution is -2.18. The number of alkyl halides is 3. The van der Waals surface area contributed by atoms with Gasteiger partial charge in [0.2, 0.25) is 0 Å². The van der Waals surface area contributed by atoms with Gasteiger partial charge < -0.3 is 10.4 Å². The van der Waals surface area contributed by atoms with Gasteiger partial charge in [-0.2, -0.15) is 22.8 Å². The van der Waals surface area contributed by atoms with Crippen LogP contribution >= 0.6 is 11.8 Å². The molecule has 2 aromatic heterocycles. The third kappa shape index (κ3) is 4.25. The monoisotopic (exact) mass is 408 g/mol. The second-order valence-corrected chi connectivity index (χ2v) is 8.05. The minimum atomic E-state index is -4.33. The molecule has 28 heavy (non-hydrogen) atoms. The van der Waals surface area contributed by atoms with Crippen LogP contribution in [0.4, 0.5) is 19.0 Å². The number of aliphatic hydroxyl groups excluding tert-OH is 1. The van der Waals surface area contributed by atoms with Gasteiger partial charge >= 0.3 is 5.51 Å². The summed E-state index contributed by atoms with van der Waals surface area (Å²) in [7, 11) is 0. The maximum Gasteiger partial charge on any atom is 0.446 e. The fourth-order valence-electron chi connectivity index (χ4n) is 3.58. The Hall–Kier alpha value is -2.26. The summed E-state index contributed by atoms with van der Waals surface area (Å²) < 4.78 is 39.6. The lowest BCUT2D eigenvalue weighted by atomic mass is 10.1. The number of anilines is 1. The van der Waals surface area contributed by atoms with E-state index in [-0.39, 0.29) is 29.3 Å². The van der Waals surface area contributed by atoms with Crippen molar-refractivity contribution in [1.29, 1.82) is 0 Å². The Labute approximate surface area is 164 Å². The number of halogens is 3. The number of aliphatic hydroxyl groups is 1. The van der Waals surface area contributed by atoms with E-state index in [2.05, 4.69) is 15.4 Å². The van der Waals surface area contributed by atoms with Crippen molar-refractivity contribution in [2.24, 2.45) is 5.92 Å². The van der Waals surface area contributed by atoms with Gasteiger partial charge in [-0.1, -0.05) is 12.1 Å². The molecule has 0 bridgehead atoms. The predicted octanol–water partition coefficient (Wildman–Crippen LogP) is 4.58. The zero-order valence-electron chi connectivity index (χ0n) is 14.9. The molecule has 2 heterocycles. The number of thioether (sulfide) groups is 1. The smallest absolute Gasteiger partial charge is 0.396 e. The summed E-state index contributed by atoms with van der Waals surface area (Å²) in [6.45, 7) is 0.197. The predicted molar refractivity (Wildman–Crippen MR) is 102 cm³/mol. The Morgan fingerprint density at radius 2 is 2.07 bits per heavy atom. The molecule has 1 aromatic carbocycles. The molecule has 0 spiro atoms. The van der Waals surface area contributed by atoms with Crippen molar-refractivity contribution in [2.45, 2.75) is 35.7 Å². The SMILES string of the molecule is OC[C@@H]1CC[C@H](Nc2ccnc3cc(-c4cccc(SC(F)(F)F)c4)nn23)C1. The highest BCUT2D eigenvalue weighted by Gasteiger charge is 2.29. The van der Waals surface area contributed by atoms with E-state index in [9.17, 15) is 18.3 Å². The lowest BCUT2D eigenvalue weighted by Gasteiger charge is -2.14. The minimum Gasteiger partial charge on any atom is -0.396 e. The quantitative estimate of drug-likeness (QED) is 0.605. The molecule has 5 nitrogen and oxygen atoms in total. The molecule has 3 aromatic rings. The van der Waals surface area contributed by atoms with Crippen LogP contribution in [0.25, 0.3) is 16.9 Å². The van der Waals surface area contributed by atoms with Crippen molar-refractivity contribution in [2.75, 3.05) is 11.9 Å². The molecule has 1 saturated carbocycles. The van der Waals surface area contributed by atoms with Gasteiger partial charge in [0.15, 0.2) is 5.65 Å². The van der Waals surface area contributed by atoms with Gasteiger partial charge in [-0.15, -0.1) is 0 Å². The normalized spacial score (nSPS) is 20.0. The molecule has 0 saturated heterocycles. The molecular weight excluding hydrogens is 389 g/mol. The molecule has 0 amide bonds. The van der Waals surface area contributed by atoms with Crippen molar-refractivity contribution in [1.82, 2.24) is 14.6 Å². The number of nitrogens with one attached hydrogen (secondary N) is 1. The second-order valence-electron chi connectivity index (χ2n) is 6.91. The summed E-state index contributed by atoms with van der Waals surface area (Å²) in [5, 5.41) is 17.3. The average molecular weight is 408 g/mol. The number of fused-ring (bicyclic) bond motifs is 1. The Balaban J connectivity index is 1.61. The van der Waals surface area contributed by atoms with Gasteiger partial charge in [0.05, 0.1) is 5.69 Å². The fraction of sp³-hybridized carbons (Fsp3) is 0.368. The van der Waals surface area contributed by atoms with Crippen LogP contribution in [-0.2, 0) is 0 Å². The van der Waals surface area contributed by atoms with E-state index < -0.39 is 5.51 Å². The van der Waals surface area contributed by atoms with Gasteiger partial charge in [-0.05, 0) is 55.1 Å². The van der Waals surface area contributed by atoms with Crippen molar-refractivity contribution in [3.8, 4) is 11.3 Å². The van der Waals surface area contributed by atoms with E-state index >= 15 is 0 Å². The summed E-state index contributed by atoms with van der Waals surface area (Å²) in [6.07, 6.45) is 4.53. The highest BCUT2D eigenvalue weighted by Crippen LogP contribution is 2.38. The van der Waals surface area contributed by atoms with Crippen LogP contribution in [0, 0.1) is 5.92 Å². The molecule has 148 valence electrons. The molecule has 1 fully saturated rings. The molecule has 2 atom stereocenters. The van der Waals surface area contributed by atoms with Gasteiger partial charge in [0.25, 0.3) is 0 Å².